The molecule has 1 amide bonds. The Kier molecular flexibility index (Phi) is 55.5. The Labute approximate surface area is 461 Å². The van der Waals surface area contributed by atoms with Crippen LogP contribution in [0.5, 0.6) is 0 Å². The highest BCUT2D eigenvalue weighted by molar-refractivity contribution is 7.47. The Morgan fingerprint density at radius 1 is 0.446 bits per heavy atom. The lowest BCUT2D eigenvalue weighted by atomic mass is 10.0. The molecule has 0 rings (SSSR count). The molecule has 0 aliphatic rings. The number of nitrogens with one attached hydrogen (secondary N) is 1. The van der Waals surface area contributed by atoms with Gasteiger partial charge in [-0.15, -0.1) is 0 Å². The zero-order valence-electron chi connectivity index (χ0n) is 50.1. The number of likely N-dealkylation sites (N-methyl/N-ethyl adjacent to an activating group) is 1. The number of hydrogen-bond acceptors (Lipinski definition) is 5. The van der Waals surface area contributed by atoms with Crippen LogP contribution < -0.4 is 5.32 Å². The molecule has 0 saturated carbocycles. The first kappa shape index (κ1) is 72.7. The fourth-order valence-electron chi connectivity index (χ4n) is 9.76. The molecule has 0 bridgehead atoms. The quantitative estimate of drug-likeness (QED) is 0.0243. The van der Waals surface area contributed by atoms with E-state index in [1.54, 1.807) is 6.08 Å². The van der Waals surface area contributed by atoms with E-state index in [-0.39, 0.29) is 19.1 Å². The maximum atomic E-state index is 13.0. The lowest BCUT2D eigenvalue weighted by Crippen LogP contribution is -2.45. The van der Waals surface area contributed by atoms with Crippen molar-refractivity contribution in [2.24, 2.45) is 0 Å². The third-order valence-corrected chi connectivity index (χ3v) is 15.8. The summed E-state index contributed by atoms with van der Waals surface area (Å²) in [7, 11) is 1.57. The van der Waals surface area contributed by atoms with Gasteiger partial charge in [0.25, 0.3) is 0 Å². The molecule has 0 fully saturated rings. The van der Waals surface area contributed by atoms with E-state index >= 15 is 0 Å². The minimum absolute atomic E-state index is 0.0579. The zero-order chi connectivity index (χ0) is 54.2. The molecule has 3 N–H and O–H groups in total. The van der Waals surface area contributed by atoms with Crippen LogP contribution >= 0.6 is 7.82 Å². The number of phosphoric acid groups is 1. The molecular weight excluding hydrogens is 936 g/mol. The number of hydrogen-bond donors (Lipinski definition) is 3. The Balaban J connectivity index is 4.05. The molecule has 0 aromatic carbocycles. The molecule has 0 radical (unpaired) electrons. The van der Waals surface area contributed by atoms with Gasteiger partial charge in [-0.25, -0.2) is 4.57 Å². The highest BCUT2D eigenvalue weighted by Gasteiger charge is 2.27. The first-order chi connectivity index (χ1) is 36.0. The molecule has 0 heterocycles. The van der Waals surface area contributed by atoms with Crippen molar-refractivity contribution >= 4 is 13.7 Å². The van der Waals surface area contributed by atoms with Crippen LogP contribution in [-0.2, 0) is 18.4 Å². The van der Waals surface area contributed by atoms with Gasteiger partial charge in [-0.05, 0) is 57.8 Å². The van der Waals surface area contributed by atoms with Crippen LogP contribution in [0.1, 0.15) is 322 Å². The number of carbonyl (C=O) groups excluding carboxylic acids is 1. The molecule has 3 unspecified atom stereocenters. The molecule has 0 aromatic rings. The maximum Gasteiger partial charge on any atom is 0.472 e. The van der Waals surface area contributed by atoms with Crippen molar-refractivity contribution in [3.63, 3.8) is 0 Å². The molecule has 74 heavy (non-hydrogen) atoms. The van der Waals surface area contributed by atoms with Crippen LogP contribution in [0.3, 0.4) is 0 Å². The van der Waals surface area contributed by atoms with E-state index in [1.807, 2.05) is 27.2 Å². The Bertz CT molecular complexity index is 1300. The topological polar surface area (TPSA) is 105 Å². The highest BCUT2D eigenvalue weighted by Crippen LogP contribution is 2.43. The second-order valence-electron chi connectivity index (χ2n) is 23.5. The molecule has 8 nitrogen and oxygen atoms in total. The summed E-state index contributed by atoms with van der Waals surface area (Å²) in [6, 6.07) is -0.862. The standard InChI is InChI=1S/C65H127N2O6P/c1-6-8-10-12-14-16-18-20-22-24-26-27-28-29-30-31-32-33-34-35-36-37-38-39-41-43-45-47-49-51-53-55-57-59-65(69)66-63(62-73-74(70,71)72-61-60-67(3,4)5)64(68)58-56-54-52-50-48-46-44-42-40-25-23-21-19-17-15-13-11-9-7-2/h24,26,48,50,56,58,63-64,68H,6-23,25,27-47,49,51-55,57,59-62H2,1-5H3,(H-,66,69,70,71)/p+1/b26-24-,50-48+,58-56+. The minimum atomic E-state index is -4.36. The molecule has 0 spiro atoms. The van der Waals surface area contributed by atoms with Crippen molar-refractivity contribution in [3.8, 4) is 0 Å². The number of allylic oxidation sites excluding steroid dienone is 5. The van der Waals surface area contributed by atoms with Crippen LogP contribution in [0, 0.1) is 0 Å². The minimum Gasteiger partial charge on any atom is -0.387 e. The van der Waals surface area contributed by atoms with E-state index in [0.717, 1.165) is 38.5 Å². The van der Waals surface area contributed by atoms with Crippen molar-refractivity contribution in [2.75, 3.05) is 40.9 Å². The molecule has 9 heteroatoms. The van der Waals surface area contributed by atoms with E-state index in [0.29, 0.717) is 17.4 Å². The lowest BCUT2D eigenvalue weighted by molar-refractivity contribution is -0.870. The summed E-state index contributed by atoms with van der Waals surface area (Å²) in [5.74, 6) is -0.181. The largest absolute Gasteiger partial charge is 0.472 e. The van der Waals surface area contributed by atoms with E-state index in [1.165, 1.54) is 263 Å². The molecule has 0 aliphatic heterocycles. The number of phosphoric ester groups is 1. The maximum absolute atomic E-state index is 13.0. The number of quaternary nitrogens is 1. The van der Waals surface area contributed by atoms with Crippen LogP contribution in [0.4, 0.5) is 0 Å². The van der Waals surface area contributed by atoms with Gasteiger partial charge in [-0.3, -0.25) is 13.8 Å². The molecular formula is C65H128N2O6P+. The first-order valence-electron chi connectivity index (χ1n) is 32.4. The Morgan fingerprint density at radius 2 is 0.743 bits per heavy atom. The SMILES string of the molecule is CCCCCCCCCC/C=C\CCCCCCCCCCCCCCCCCCCCCCCC(=O)NC(COP(=O)(O)OCC[N+](C)(C)C)C(O)/C=C/CC/C=C/CCCCCCCCCCCCCCC. The first-order valence-corrected chi connectivity index (χ1v) is 33.9. The molecule has 0 aromatic heterocycles. The fraction of sp³-hybridized carbons (Fsp3) is 0.892. The van der Waals surface area contributed by atoms with Crippen molar-refractivity contribution in [3.05, 3.63) is 36.5 Å². The van der Waals surface area contributed by atoms with Crippen molar-refractivity contribution < 1.29 is 32.9 Å². The molecule has 0 aliphatic carbocycles. The van der Waals surface area contributed by atoms with Crippen LogP contribution in [0.15, 0.2) is 36.5 Å². The van der Waals surface area contributed by atoms with Gasteiger partial charge in [-0.2, -0.15) is 0 Å². The van der Waals surface area contributed by atoms with Crippen molar-refractivity contribution in [1.82, 2.24) is 5.32 Å². The Hall–Kier alpha value is -1.28. The summed E-state index contributed by atoms with van der Waals surface area (Å²) >= 11 is 0. The number of unbranched alkanes of at least 4 members (excludes halogenated alkanes) is 43. The van der Waals surface area contributed by atoms with Crippen molar-refractivity contribution in [2.45, 2.75) is 334 Å². The second kappa shape index (κ2) is 56.4. The molecule has 438 valence electrons. The normalized spacial score (nSPS) is 14.0. The van der Waals surface area contributed by atoms with Crippen LogP contribution in [0.25, 0.3) is 0 Å². The lowest BCUT2D eigenvalue weighted by Gasteiger charge is -2.25. The van der Waals surface area contributed by atoms with Gasteiger partial charge in [0.15, 0.2) is 0 Å². The number of amides is 1. The van der Waals surface area contributed by atoms with Gasteiger partial charge >= 0.3 is 7.82 Å². The van der Waals surface area contributed by atoms with Crippen LogP contribution in [-0.4, -0.2) is 73.4 Å². The van der Waals surface area contributed by atoms with Gasteiger partial charge in [-0.1, -0.05) is 294 Å². The number of aliphatic hydroxyl groups is 1. The van der Waals surface area contributed by atoms with Gasteiger partial charge < -0.3 is 19.8 Å². The molecule has 0 saturated heterocycles. The average Bonchev–Trinajstić information content (AvgIpc) is 3.36. The highest BCUT2D eigenvalue weighted by atomic mass is 31.2. The second-order valence-corrected chi connectivity index (χ2v) is 24.9. The number of aliphatic hydroxyl groups excluding tert-OH is 1. The van der Waals surface area contributed by atoms with E-state index < -0.39 is 20.0 Å². The van der Waals surface area contributed by atoms with Gasteiger partial charge in [0.05, 0.1) is 39.9 Å². The number of nitrogens with zero attached hydrogens (tertiary/aromatic N) is 1. The van der Waals surface area contributed by atoms with E-state index in [4.69, 9.17) is 9.05 Å². The number of rotatable bonds is 60. The summed E-state index contributed by atoms with van der Waals surface area (Å²) in [6.45, 7) is 4.84. The Morgan fingerprint density at radius 3 is 1.08 bits per heavy atom. The third-order valence-electron chi connectivity index (χ3n) is 14.8. The van der Waals surface area contributed by atoms with E-state index in [2.05, 4.69) is 43.5 Å². The average molecular weight is 1060 g/mol. The van der Waals surface area contributed by atoms with Crippen LogP contribution in [0.2, 0.25) is 0 Å². The third kappa shape index (κ3) is 58.4. The van der Waals surface area contributed by atoms with E-state index in [9.17, 15) is 19.4 Å². The van der Waals surface area contributed by atoms with Crippen molar-refractivity contribution in [1.29, 1.82) is 0 Å². The summed E-state index contributed by atoms with van der Waals surface area (Å²) in [5, 5.41) is 13.9. The molecule has 3 atom stereocenters. The predicted octanol–water partition coefficient (Wildman–Crippen LogP) is 20.1. The number of carbonyl (C=O) groups is 1. The predicted molar refractivity (Wildman–Crippen MR) is 323 cm³/mol. The van der Waals surface area contributed by atoms with Gasteiger partial charge in [0.1, 0.15) is 13.2 Å². The zero-order valence-corrected chi connectivity index (χ0v) is 51.0. The summed E-state index contributed by atoms with van der Waals surface area (Å²) in [5.41, 5.74) is 0. The monoisotopic (exact) mass is 1060 g/mol. The fourth-order valence-corrected chi connectivity index (χ4v) is 10.5. The summed E-state index contributed by atoms with van der Waals surface area (Å²) in [6.07, 6.45) is 74.3. The van der Waals surface area contributed by atoms with Gasteiger partial charge in [0, 0.05) is 6.42 Å². The summed E-state index contributed by atoms with van der Waals surface area (Å²) < 4.78 is 23.7. The van der Waals surface area contributed by atoms with Gasteiger partial charge in [0.2, 0.25) is 5.91 Å². The smallest absolute Gasteiger partial charge is 0.387 e. The summed E-state index contributed by atoms with van der Waals surface area (Å²) in [4.78, 5) is 23.3.